The number of ether oxygens (including phenoxy) is 1. The molecule has 1 aromatic carbocycles. The Bertz CT molecular complexity index is 539. The first-order valence-electron chi connectivity index (χ1n) is 5.79. The molecular formula is C12H16N6O. The van der Waals surface area contributed by atoms with Crippen LogP contribution in [-0.4, -0.2) is 22.0 Å². The summed E-state index contributed by atoms with van der Waals surface area (Å²) in [4.78, 5) is 11.6. The van der Waals surface area contributed by atoms with E-state index in [1.807, 2.05) is 31.3 Å². The predicted molar refractivity (Wildman–Crippen MR) is 72.2 cm³/mol. The molecule has 0 saturated heterocycles. The van der Waals surface area contributed by atoms with Gasteiger partial charge in [-0.05, 0) is 24.7 Å². The molecule has 0 bridgehead atoms. The fourth-order valence-corrected chi connectivity index (χ4v) is 1.62. The summed E-state index contributed by atoms with van der Waals surface area (Å²) in [5.74, 6) is 1.33. The van der Waals surface area contributed by atoms with Gasteiger partial charge in [0.25, 0.3) is 0 Å². The van der Waals surface area contributed by atoms with Crippen molar-refractivity contribution < 1.29 is 4.74 Å². The van der Waals surface area contributed by atoms with Crippen molar-refractivity contribution in [2.24, 2.45) is 0 Å². The average molecular weight is 260 g/mol. The minimum Gasteiger partial charge on any atom is -0.486 e. The van der Waals surface area contributed by atoms with Crippen molar-refractivity contribution in [1.29, 1.82) is 0 Å². The highest BCUT2D eigenvalue weighted by Crippen LogP contribution is 2.14. The zero-order valence-corrected chi connectivity index (χ0v) is 10.6. The second-order valence-electron chi connectivity index (χ2n) is 3.93. The third kappa shape index (κ3) is 3.78. The molecule has 0 aliphatic rings. The van der Waals surface area contributed by atoms with Gasteiger partial charge >= 0.3 is 0 Å². The van der Waals surface area contributed by atoms with Gasteiger partial charge in [0, 0.05) is 6.54 Å². The van der Waals surface area contributed by atoms with Crippen LogP contribution in [0.4, 0.5) is 11.9 Å². The van der Waals surface area contributed by atoms with Crippen LogP contribution in [0.5, 0.6) is 5.75 Å². The van der Waals surface area contributed by atoms with Crippen molar-refractivity contribution in [2.75, 3.05) is 18.5 Å². The third-order valence-corrected chi connectivity index (χ3v) is 2.36. The van der Waals surface area contributed by atoms with Crippen LogP contribution in [0.25, 0.3) is 0 Å². The molecule has 100 valence electrons. The average Bonchev–Trinajstić information content (AvgIpc) is 2.36. The first-order valence-corrected chi connectivity index (χ1v) is 5.79. The molecular weight excluding hydrogens is 244 g/mol. The van der Waals surface area contributed by atoms with Gasteiger partial charge in [-0.15, -0.1) is 0 Å². The maximum Gasteiger partial charge on any atom is 0.225 e. The van der Waals surface area contributed by atoms with Crippen molar-refractivity contribution in [2.45, 2.75) is 13.2 Å². The summed E-state index contributed by atoms with van der Waals surface area (Å²) >= 11 is 0. The number of nitrogens with two attached hydrogens (primary N) is 2. The Morgan fingerprint density at radius 3 is 2.58 bits per heavy atom. The van der Waals surface area contributed by atoms with Crippen LogP contribution in [0.1, 0.15) is 11.4 Å². The number of hydrogen-bond acceptors (Lipinski definition) is 7. The summed E-state index contributed by atoms with van der Waals surface area (Å²) in [7, 11) is 1.89. The number of nitrogens with one attached hydrogen (secondary N) is 1. The maximum absolute atomic E-state index is 5.60. The molecule has 19 heavy (non-hydrogen) atoms. The molecule has 2 rings (SSSR count). The van der Waals surface area contributed by atoms with E-state index < -0.39 is 0 Å². The molecule has 0 atom stereocenters. The number of rotatable bonds is 5. The summed E-state index contributed by atoms with van der Waals surface area (Å²) in [6.45, 7) is 0.975. The van der Waals surface area contributed by atoms with Gasteiger partial charge in [0.15, 0.2) is 5.82 Å². The topological polar surface area (TPSA) is 112 Å². The number of nitrogen functional groups attached to an aromatic ring is 2. The molecule has 0 aliphatic carbocycles. The van der Waals surface area contributed by atoms with E-state index in [0.29, 0.717) is 5.82 Å². The van der Waals surface area contributed by atoms with E-state index >= 15 is 0 Å². The number of anilines is 2. The van der Waals surface area contributed by atoms with Gasteiger partial charge < -0.3 is 21.5 Å². The van der Waals surface area contributed by atoms with Gasteiger partial charge in [0.05, 0.1) is 0 Å². The third-order valence-electron chi connectivity index (χ3n) is 2.36. The molecule has 0 amide bonds. The summed E-state index contributed by atoms with van der Waals surface area (Å²) in [6.07, 6.45) is 0. The first kappa shape index (κ1) is 13.0. The SMILES string of the molecule is CNCc1cccc(OCc2nc(N)nc(N)n2)c1. The van der Waals surface area contributed by atoms with Gasteiger partial charge in [0.1, 0.15) is 12.4 Å². The van der Waals surface area contributed by atoms with Gasteiger partial charge in [0.2, 0.25) is 11.9 Å². The van der Waals surface area contributed by atoms with Crippen molar-refractivity contribution in [3.8, 4) is 5.75 Å². The zero-order valence-electron chi connectivity index (χ0n) is 10.6. The Kier molecular flexibility index (Phi) is 4.09. The highest BCUT2D eigenvalue weighted by Gasteiger charge is 2.03. The Morgan fingerprint density at radius 1 is 1.16 bits per heavy atom. The molecule has 7 nitrogen and oxygen atoms in total. The quantitative estimate of drug-likeness (QED) is 0.710. The molecule has 0 aliphatic heterocycles. The molecule has 5 N–H and O–H groups in total. The minimum absolute atomic E-state index is 0.0926. The van der Waals surface area contributed by atoms with E-state index in [2.05, 4.69) is 20.3 Å². The van der Waals surface area contributed by atoms with E-state index in [1.54, 1.807) is 0 Å². The van der Waals surface area contributed by atoms with E-state index in [0.717, 1.165) is 17.9 Å². The fourth-order valence-electron chi connectivity index (χ4n) is 1.62. The first-order chi connectivity index (χ1) is 9.17. The molecule has 0 unspecified atom stereocenters. The normalized spacial score (nSPS) is 10.4. The summed E-state index contributed by atoms with van der Waals surface area (Å²) < 4.78 is 5.60. The molecule has 0 fully saturated rings. The van der Waals surface area contributed by atoms with Gasteiger partial charge in [-0.25, -0.2) is 0 Å². The number of nitrogens with zero attached hydrogens (tertiary/aromatic N) is 3. The van der Waals surface area contributed by atoms with Crippen molar-refractivity contribution in [3.63, 3.8) is 0 Å². The Hall–Kier alpha value is -2.41. The van der Waals surface area contributed by atoms with Crippen LogP contribution in [0.15, 0.2) is 24.3 Å². The summed E-state index contributed by atoms with van der Waals surface area (Å²) in [5.41, 5.74) is 12.1. The molecule has 7 heteroatoms. The molecule has 2 aromatic rings. The molecule has 0 radical (unpaired) electrons. The fraction of sp³-hybridized carbons (Fsp3) is 0.250. The summed E-state index contributed by atoms with van der Waals surface area (Å²) in [5, 5.41) is 3.08. The monoisotopic (exact) mass is 260 g/mol. The van der Waals surface area contributed by atoms with E-state index in [4.69, 9.17) is 16.2 Å². The summed E-state index contributed by atoms with van der Waals surface area (Å²) in [6, 6.07) is 7.76. The number of hydrogen-bond donors (Lipinski definition) is 3. The van der Waals surface area contributed by atoms with Crippen LogP contribution in [0, 0.1) is 0 Å². The standard InChI is InChI=1S/C12H16N6O/c1-15-6-8-3-2-4-9(5-8)19-7-10-16-11(13)18-12(14)17-10/h2-5,15H,6-7H2,1H3,(H4,13,14,16,17,18). The molecule has 0 saturated carbocycles. The second-order valence-corrected chi connectivity index (χ2v) is 3.93. The highest BCUT2D eigenvalue weighted by molar-refractivity contribution is 5.29. The minimum atomic E-state index is 0.0926. The van der Waals surface area contributed by atoms with Crippen LogP contribution in [0.3, 0.4) is 0 Å². The molecule has 1 heterocycles. The molecule has 0 spiro atoms. The van der Waals surface area contributed by atoms with E-state index in [-0.39, 0.29) is 18.5 Å². The lowest BCUT2D eigenvalue weighted by molar-refractivity contribution is 0.295. The van der Waals surface area contributed by atoms with E-state index in [1.165, 1.54) is 0 Å². The van der Waals surface area contributed by atoms with E-state index in [9.17, 15) is 0 Å². The smallest absolute Gasteiger partial charge is 0.225 e. The van der Waals surface area contributed by atoms with Crippen LogP contribution < -0.4 is 21.5 Å². The zero-order chi connectivity index (χ0) is 13.7. The lowest BCUT2D eigenvalue weighted by atomic mass is 10.2. The van der Waals surface area contributed by atoms with Gasteiger partial charge in [-0.2, -0.15) is 15.0 Å². The van der Waals surface area contributed by atoms with Crippen molar-refractivity contribution in [1.82, 2.24) is 20.3 Å². The number of aromatic nitrogens is 3. The predicted octanol–water partition coefficient (Wildman–Crippen LogP) is 0.334. The number of benzene rings is 1. The van der Waals surface area contributed by atoms with Crippen LogP contribution in [-0.2, 0) is 13.2 Å². The lowest BCUT2D eigenvalue weighted by Gasteiger charge is -2.07. The largest absolute Gasteiger partial charge is 0.486 e. The van der Waals surface area contributed by atoms with Gasteiger partial charge in [-0.1, -0.05) is 12.1 Å². The van der Waals surface area contributed by atoms with Crippen LogP contribution >= 0.6 is 0 Å². The van der Waals surface area contributed by atoms with Crippen molar-refractivity contribution >= 4 is 11.9 Å². The Balaban J connectivity index is 2.03. The molecule has 1 aromatic heterocycles. The van der Waals surface area contributed by atoms with Crippen LogP contribution in [0.2, 0.25) is 0 Å². The second kappa shape index (κ2) is 5.96. The Labute approximate surface area is 111 Å². The maximum atomic E-state index is 5.60. The van der Waals surface area contributed by atoms with Crippen molar-refractivity contribution in [3.05, 3.63) is 35.7 Å². The highest BCUT2D eigenvalue weighted by atomic mass is 16.5. The lowest BCUT2D eigenvalue weighted by Crippen LogP contribution is -2.09. The van der Waals surface area contributed by atoms with Gasteiger partial charge in [-0.3, -0.25) is 0 Å². The Morgan fingerprint density at radius 2 is 1.89 bits per heavy atom.